The Labute approximate surface area is 194 Å². The summed E-state index contributed by atoms with van der Waals surface area (Å²) >= 11 is 0. The van der Waals surface area contributed by atoms with Crippen LogP contribution in [-0.2, 0) is 24.7 Å². The van der Waals surface area contributed by atoms with Crippen molar-refractivity contribution in [3.8, 4) is 0 Å². The normalized spacial score (nSPS) is 21.3. The van der Waals surface area contributed by atoms with Gasteiger partial charge in [0.15, 0.2) is 9.84 Å². The summed E-state index contributed by atoms with van der Waals surface area (Å²) in [5.74, 6) is -0.991. The van der Waals surface area contributed by atoms with Gasteiger partial charge in [-0.3, -0.25) is 4.79 Å². The molecule has 1 aromatic heterocycles. The number of piperazine rings is 1. The molecule has 2 saturated heterocycles. The van der Waals surface area contributed by atoms with E-state index < -0.39 is 31.5 Å². The molecule has 12 heteroatoms. The van der Waals surface area contributed by atoms with E-state index in [1.165, 1.54) is 8.99 Å². The van der Waals surface area contributed by atoms with E-state index >= 15 is 0 Å². The van der Waals surface area contributed by atoms with Gasteiger partial charge in [0.25, 0.3) is 0 Å². The van der Waals surface area contributed by atoms with Gasteiger partial charge in [-0.2, -0.15) is 9.40 Å². The van der Waals surface area contributed by atoms with Crippen LogP contribution >= 0.6 is 0 Å². The number of sulfonamides is 1. The van der Waals surface area contributed by atoms with Crippen molar-refractivity contribution >= 4 is 37.3 Å². The standard InChI is InChI=1S/C21H29N5O5S2/c1-16-4-3-5-18(12-16)24-7-9-25(10-8-24)33(30,31)15-21(27)22-20-13-17(2)23-26(20)19-6-11-32(28,29)14-19/h3-5,12-13,19H,6-11,14-15H2,1-2H3,(H,22,27). The molecule has 10 nitrogen and oxygen atoms in total. The van der Waals surface area contributed by atoms with E-state index in [2.05, 4.69) is 21.4 Å². The fourth-order valence-corrected chi connectivity index (χ4v) is 7.34. The van der Waals surface area contributed by atoms with Crippen LogP contribution in [0.1, 0.15) is 23.7 Å². The number of rotatable bonds is 6. The highest BCUT2D eigenvalue weighted by Gasteiger charge is 2.33. The van der Waals surface area contributed by atoms with Gasteiger partial charge in [-0.1, -0.05) is 12.1 Å². The summed E-state index contributed by atoms with van der Waals surface area (Å²) in [7, 11) is -6.92. The molecule has 2 aliphatic rings. The molecule has 180 valence electrons. The van der Waals surface area contributed by atoms with Crippen LogP contribution in [0, 0.1) is 13.8 Å². The Morgan fingerprint density at radius 3 is 2.52 bits per heavy atom. The molecule has 1 atom stereocenters. The quantitative estimate of drug-likeness (QED) is 0.633. The van der Waals surface area contributed by atoms with E-state index in [-0.39, 0.29) is 17.5 Å². The van der Waals surface area contributed by atoms with Gasteiger partial charge in [-0.15, -0.1) is 0 Å². The van der Waals surface area contributed by atoms with E-state index in [9.17, 15) is 21.6 Å². The van der Waals surface area contributed by atoms with Gasteiger partial charge in [0.2, 0.25) is 15.9 Å². The molecule has 1 aromatic carbocycles. The monoisotopic (exact) mass is 495 g/mol. The molecule has 33 heavy (non-hydrogen) atoms. The number of hydrogen-bond donors (Lipinski definition) is 1. The fraction of sp³-hybridized carbons (Fsp3) is 0.524. The van der Waals surface area contributed by atoms with Crippen LogP contribution in [0.4, 0.5) is 11.5 Å². The number of carbonyl (C=O) groups is 1. The zero-order valence-electron chi connectivity index (χ0n) is 18.8. The largest absolute Gasteiger partial charge is 0.369 e. The maximum atomic E-state index is 12.9. The van der Waals surface area contributed by atoms with Gasteiger partial charge in [-0.25, -0.2) is 21.5 Å². The van der Waals surface area contributed by atoms with E-state index in [0.717, 1.165) is 11.3 Å². The molecule has 1 N–H and O–H groups in total. The van der Waals surface area contributed by atoms with Gasteiger partial charge < -0.3 is 10.2 Å². The lowest BCUT2D eigenvalue weighted by atomic mass is 10.2. The summed E-state index contributed by atoms with van der Waals surface area (Å²) < 4.78 is 52.2. The number of amides is 1. The number of sulfone groups is 1. The smallest absolute Gasteiger partial charge is 0.242 e. The predicted octanol–water partition coefficient (Wildman–Crippen LogP) is 0.950. The number of hydrogen-bond acceptors (Lipinski definition) is 7. The summed E-state index contributed by atoms with van der Waals surface area (Å²) in [6.07, 6.45) is 0.413. The molecule has 2 aromatic rings. The highest BCUT2D eigenvalue weighted by molar-refractivity contribution is 7.91. The SMILES string of the molecule is Cc1cccc(N2CCN(S(=O)(=O)CC(=O)Nc3cc(C)nn3C3CCS(=O)(=O)C3)CC2)c1. The Morgan fingerprint density at radius 1 is 1.15 bits per heavy atom. The van der Waals surface area contributed by atoms with Crippen LogP contribution in [0.3, 0.4) is 0 Å². The maximum Gasteiger partial charge on any atom is 0.242 e. The lowest BCUT2D eigenvalue weighted by molar-refractivity contribution is -0.114. The van der Waals surface area contributed by atoms with Crippen molar-refractivity contribution in [2.75, 3.05) is 53.7 Å². The lowest BCUT2D eigenvalue weighted by Gasteiger charge is -2.35. The van der Waals surface area contributed by atoms with Crippen molar-refractivity contribution in [2.45, 2.75) is 26.3 Å². The fourth-order valence-electron chi connectivity index (χ4n) is 4.34. The first-order valence-corrected chi connectivity index (χ1v) is 14.3. The van der Waals surface area contributed by atoms with Crippen LogP contribution in [-0.4, -0.2) is 80.3 Å². The molecule has 0 bridgehead atoms. The van der Waals surface area contributed by atoms with Crippen molar-refractivity contribution in [2.24, 2.45) is 0 Å². The van der Waals surface area contributed by atoms with E-state index in [1.54, 1.807) is 13.0 Å². The van der Waals surface area contributed by atoms with Gasteiger partial charge >= 0.3 is 0 Å². The summed E-state index contributed by atoms with van der Waals surface area (Å²) in [5, 5.41) is 6.94. The predicted molar refractivity (Wildman–Crippen MR) is 127 cm³/mol. The van der Waals surface area contributed by atoms with Gasteiger partial charge in [0, 0.05) is 37.9 Å². The van der Waals surface area contributed by atoms with Crippen LogP contribution in [0.15, 0.2) is 30.3 Å². The van der Waals surface area contributed by atoms with Crippen LogP contribution in [0.25, 0.3) is 0 Å². The van der Waals surface area contributed by atoms with Crippen molar-refractivity contribution < 1.29 is 21.6 Å². The number of carbonyl (C=O) groups excluding carboxylic acids is 1. The van der Waals surface area contributed by atoms with Crippen LogP contribution < -0.4 is 10.2 Å². The molecular formula is C21H29N5O5S2. The zero-order valence-corrected chi connectivity index (χ0v) is 20.4. The summed E-state index contributed by atoms with van der Waals surface area (Å²) in [5.41, 5.74) is 2.82. The second kappa shape index (κ2) is 9.07. The Kier molecular flexibility index (Phi) is 6.52. The molecule has 3 heterocycles. The van der Waals surface area contributed by atoms with Crippen LogP contribution in [0.2, 0.25) is 0 Å². The van der Waals surface area contributed by atoms with Crippen molar-refractivity contribution in [3.63, 3.8) is 0 Å². The minimum absolute atomic E-state index is 0.0412. The minimum atomic E-state index is -3.79. The molecule has 1 unspecified atom stereocenters. The average molecular weight is 496 g/mol. The Hall–Kier alpha value is -2.44. The molecule has 4 rings (SSSR count). The topological polar surface area (TPSA) is 122 Å². The average Bonchev–Trinajstić information content (AvgIpc) is 3.28. The number of nitrogens with zero attached hydrogens (tertiary/aromatic N) is 4. The second-order valence-electron chi connectivity index (χ2n) is 8.70. The third-order valence-corrected chi connectivity index (χ3v) is 9.52. The van der Waals surface area contributed by atoms with Gasteiger partial charge in [0.05, 0.1) is 23.2 Å². The van der Waals surface area contributed by atoms with Crippen molar-refractivity contribution in [1.82, 2.24) is 14.1 Å². The third-order valence-electron chi connectivity index (χ3n) is 5.99. The highest BCUT2D eigenvalue weighted by atomic mass is 32.2. The number of aromatic nitrogens is 2. The van der Waals surface area contributed by atoms with E-state index in [4.69, 9.17) is 0 Å². The first-order chi connectivity index (χ1) is 15.5. The Morgan fingerprint density at radius 2 is 1.88 bits per heavy atom. The minimum Gasteiger partial charge on any atom is -0.369 e. The molecular weight excluding hydrogens is 466 g/mol. The Bertz CT molecular complexity index is 1250. The maximum absolute atomic E-state index is 12.9. The molecule has 2 fully saturated rings. The number of benzene rings is 1. The zero-order chi connectivity index (χ0) is 23.8. The molecule has 0 radical (unpaired) electrons. The van der Waals surface area contributed by atoms with E-state index in [0.29, 0.717) is 44.1 Å². The summed E-state index contributed by atoms with van der Waals surface area (Å²) in [6, 6.07) is 9.32. The third kappa shape index (κ3) is 5.56. The first kappa shape index (κ1) is 23.7. The number of aryl methyl sites for hydroxylation is 2. The highest BCUT2D eigenvalue weighted by Crippen LogP contribution is 2.27. The van der Waals surface area contributed by atoms with Crippen LogP contribution in [0.5, 0.6) is 0 Å². The first-order valence-electron chi connectivity index (χ1n) is 10.9. The summed E-state index contributed by atoms with van der Waals surface area (Å²) in [4.78, 5) is 14.7. The van der Waals surface area contributed by atoms with Crippen molar-refractivity contribution in [3.05, 3.63) is 41.6 Å². The molecule has 0 aliphatic carbocycles. The molecule has 0 saturated carbocycles. The Balaban J connectivity index is 1.37. The molecule has 2 aliphatic heterocycles. The van der Waals surface area contributed by atoms with Gasteiger partial charge in [0.1, 0.15) is 11.6 Å². The molecule has 0 spiro atoms. The summed E-state index contributed by atoms with van der Waals surface area (Å²) in [6.45, 7) is 5.46. The molecule has 1 amide bonds. The van der Waals surface area contributed by atoms with Gasteiger partial charge in [-0.05, 0) is 38.0 Å². The number of anilines is 2. The second-order valence-corrected chi connectivity index (χ2v) is 12.9. The van der Waals surface area contributed by atoms with Crippen molar-refractivity contribution in [1.29, 1.82) is 0 Å². The lowest BCUT2D eigenvalue weighted by Crippen LogP contribution is -2.50. The van der Waals surface area contributed by atoms with E-state index in [1.807, 2.05) is 25.1 Å². The number of nitrogens with one attached hydrogen (secondary N) is 1.